The van der Waals surface area contributed by atoms with Gasteiger partial charge in [-0.3, -0.25) is 4.79 Å². The van der Waals surface area contributed by atoms with Crippen molar-refractivity contribution < 1.29 is 9.53 Å². The zero-order valence-corrected chi connectivity index (χ0v) is 14.4. The van der Waals surface area contributed by atoms with Gasteiger partial charge in [-0.1, -0.05) is 30.3 Å². The summed E-state index contributed by atoms with van der Waals surface area (Å²) in [4.78, 5) is 12.2. The number of carbonyl (C=O) groups excluding carboxylic acids is 1. The maximum atomic E-state index is 12.2. The van der Waals surface area contributed by atoms with Crippen molar-refractivity contribution in [2.45, 2.75) is 0 Å². The van der Waals surface area contributed by atoms with Crippen molar-refractivity contribution >= 4 is 50.8 Å². The molecule has 0 spiro atoms. The number of hydrogen-bond acceptors (Lipinski definition) is 2. The van der Waals surface area contributed by atoms with Crippen LogP contribution in [0, 0.1) is 0 Å². The third-order valence-corrected chi connectivity index (χ3v) is 4.24. The number of anilines is 1. The monoisotopic (exact) mass is 389 g/mol. The Morgan fingerprint density at radius 1 is 1.26 bits per heavy atom. The Hall–Kier alpha value is -2.04. The molecule has 116 valence electrons. The van der Waals surface area contributed by atoms with Gasteiger partial charge in [-0.2, -0.15) is 0 Å². The van der Waals surface area contributed by atoms with Gasteiger partial charge in [-0.15, -0.1) is 0 Å². The molecule has 0 radical (unpaired) electrons. The van der Waals surface area contributed by atoms with Gasteiger partial charge in [-0.05, 0) is 57.9 Å². The molecule has 0 saturated heterocycles. The fourth-order valence-electron chi connectivity index (χ4n) is 2.34. The number of benzene rings is 2. The van der Waals surface area contributed by atoms with Crippen LogP contribution in [0.15, 0.2) is 53.5 Å². The highest BCUT2D eigenvalue weighted by Crippen LogP contribution is 2.35. The third-order valence-electron chi connectivity index (χ3n) is 3.39. The van der Waals surface area contributed by atoms with Gasteiger partial charge in [0.15, 0.2) is 0 Å². The van der Waals surface area contributed by atoms with E-state index in [1.807, 2.05) is 24.3 Å². The van der Waals surface area contributed by atoms with Crippen molar-refractivity contribution in [3.05, 3.63) is 69.7 Å². The van der Waals surface area contributed by atoms with Crippen molar-refractivity contribution in [3.8, 4) is 5.75 Å². The van der Waals surface area contributed by atoms with Crippen LogP contribution >= 0.6 is 27.5 Å². The van der Waals surface area contributed by atoms with Crippen molar-refractivity contribution in [3.63, 3.8) is 0 Å². The smallest absolute Gasteiger partial charge is 0.256 e. The lowest BCUT2D eigenvalue weighted by Gasteiger charge is -2.07. The second-order valence-corrected chi connectivity index (χ2v) is 6.28. The first-order valence-corrected chi connectivity index (χ1v) is 8.12. The van der Waals surface area contributed by atoms with Crippen LogP contribution in [0.4, 0.5) is 5.69 Å². The van der Waals surface area contributed by atoms with E-state index < -0.39 is 0 Å². The zero-order valence-electron chi connectivity index (χ0n) is 12.1. The number of hydrogen-bond donors (Lipinski definition) is 1. The molecule has 1 heterocycles. The number of halogens is 2. The number of amides is 1. The van der Waals surface area contributed by atoms with Crippen LogP contribution < -0.4 is 10.1 Å². The molecule has 0 unspecified atom stereocenters. The molecule has 0 bridgehead atoms. The van der Waals surface area contributed by atoms with E-state index in [-0.39, 0.29) is 5.91 Å². The summed E-state index contributed by atoms with van der Waals surface area (Å²) >= 11 is 9.51. The van der Waals surface area contributed by atoms with E-state index in [2.05, 4.69) is 27.8 Å². The molecule has 2 aromatic rings. The summed E-state index contributed by atoms with van der Waals surface area (Å²) in [5.74, 6) is 0.594. The topological polar surface area (TPSA) is 38.3 Å². The molecule has 1 aliphatic heterocycles. The molecule has 5 heteroatoms. The first-order chi connectivity index (χ1) is 11.1. The van der Waals surface area contributed by atoms with E-state index in [0.29, 0.717) is 17.2 Å². The highest BCUT2D eigenvalue weighted by molar-refractivity contribution is 9.10. The molecular weight excluding hydrogens is 378 g/mol. The highest BCUT2D eigenvalue weighted by atomic mass is 79.9. The molecule has 0 fully saturated rings. The second kappa shape index (κ2) is 6.60. The Kier molecular flexibility index (Phi) is 4.55. The van der Waals surface area contributed by atoms with Gasteiger partial charge in [0.25, 0.3) is 5.91 Å². The number of fused-ring (bicyclic) bond motifs is 1. The van der Waals surface area contributed by atoms with Crippen molar-refractivity contribution in [1.82, 2.24) is 0 Å². The van der Waals surface area contributed by atoms with Crippen LogP contribution in [0.3, 0.4) is 0 Å². The largest absolute Gasteiger partial charge is 0.488 e. The maximum Gasteiger partial charge on any atom is 0.256 e. The normalized spacial score (nSPS) is 14.5. The number of rotatable bonds is 4. The van der Waals surface area contributed by atoms with E-state index >= 15 is 0 Å². The molecule has 1 N–H and O–H groups in total. The van der Waals surface area contributed by atoms with Crippen LogP contribution in [-0.2, 0) is 4.79 Å². The molecule has 23 heavy (non-hydrogen) atoms. The van der Waals surface area contributed by atoms with Crippen LogP contribution in [0.2, 0.25) is 5.02 Å². The maximum absolute atomic E-state index is 12.2. The lowest BCUT2D eigenvalue weighted by atomic mass is 10.0. The average Bonchev–Trinajstić information content (AvgIpc) is 2.82. The van der Waals surface area contributed by atoms with E-state index in [9.17, 15) is 4.79 Å². The summed E-state index contributed by atoms with van der Waals surface area (Å²) in [7, 11) is 0. The molecule has 3 rings (SSSR count). The fourth-order valence-corrected chi connectivity index (χ4v) is 3.03. The van der Waals surface area contributed by atoms with Crippen LogP contribution in [-0.4, -0.2) is 12.5 Å². The molecule has 0 saturated carbocycles. The van der Waals surface area contributed by atoms with Crippen molar-refractivity contribution in [2.75, 3.05) is 11.9 Å². The van der Waals surface area contributed by atoms with E-state index in [1.54, 1.807) is 24.3 Å². The Morgan fingerprint density at radius 3 is 2.83 bits per heavy atom. The van der Waals surface area contributed by atoms with Gasteiger partial charge >= 0.3 is 0 Å². The molecule has 2 aromatic carbocycles. The summed E-state index contributed by atoms with van der Waals surface area (Å²) in [6.45, 7) is 4.06. The van der Waals surface area contributed by atoms with Crippen LogP contribution in [0.25, 0.3) is 11.6 Å². The third kappa shape index (κ3) is 3.33. The minimum atomic E-state index is -0.134. The fraction of sp³-hybridized carbons (Fsp3) is 0.0556. The summed E-state index contributed by atoms with van der Waals surface area (Å²) in [5.41, 5.74) is 3.07. The molecule has 1 aliphatic rings. The van der Waals surface area contributed by atoms with Crippen molar-refractivity contribution in [1.29, 1.82) is 0 Å². The van der Waals surface area contributed by atoms with Crippen molar-refractivity contribution in [2.24, 2.45) is 0 Å². The Balaban J connectivity index is 1.96. The minimum absolute atomic E-state index is 0.134. The Morgan fingerprint density at radius 2 is 2.09 bits per heavy atom. The van der Waals surface area contributed by atoms with Gasteiger partial charge in [0.1, 0.15) is 12.4 Å². The van der Waals surface area contributed by atoms with E-state index in [1.165, 1.54) is 0 Å². The number of ether oxygens (including phenoxy) is 1. The predicted octanol–water partition coefficient (Wildman–Crippen LogP) is 5.16. The molecule has 0 aromatic heterocycles. The highest BCUT2D eigenvalue weighted by Gasteiger charge is 2.24. The van der Waals surface area contributed by atoms with Gasteiger partial charge in [0, 0.05) is 21.8 Å². The summed E-state index contributed by atoms with van der Waals surface area (Å²) in [5, 5.41) is 3.43. The lowest BCUT2D eigenvalue weighted by Crippen LogP contribution is -2.03. The molecule has 3 nitrogen and oxygen atoms in total. The van der Waals surface area contributed by atoms with Gasteiger partial charge in [0.2, 0.25) is 0 Å². The molecule has 0 aliphatic carbocycles. The van der Waals surface area contributed by atoms with E-state index in [4.69, 9.17) is 16.3 Å². The van der Waals surface area contributed by atoms with Crippen LogP contribution in [0.5, 0.6) is 5.75 Å². The first kappa shape index (κ1) is 15.8. The lowest BCUT2D eigenvalue weighted by molar-refractivity contribution is -0.110. The summed E-state index contributed by atoms with van der Waals surface area (Å²) in [6, 6.07) is 11.0. The minimum Gasteiger partial charge on any atom is -0.488 e. The second-order valence-electron chi connectivity index (χ2n) is 4.99. The quantitative estimate of drug-likeness (QED) is 0.578. The summed E-state index contributed by atoms with van der Waals surface area (Å²) < 4.78 is 6.34. The SMILES string of the molecule is C=CCOc1ccc(/C=C2\C(=O)Nc3ccc(Cl)cc32)cc1Br. The summed E-state index contributed by atoms with van der Waals surface area (Å²) in [6.07, 6.45) is 3.52. The first-order valence-electron chi connectivity index (χ1n) is 6.94. The molecule has 0 atom stereocenters. The Bertz CT molecular complexity index is 830. The van der Waals surface area contributed by atoms with Gasteiger partial charge < -0.3 is 10.1 Å². The number of carbonyl (C=O) groups is 1. The van der Waals surface area contributed by atoms with Crippen LogP contribution in [0.1, 0.15) is 11.1 Å². The standard InChI is InChI=1S/C18H13BrClNO2/c1-2-7-23-17-6-3-11(9-15(17)19)8-14-13-10-12(20)4-5-16(13)21-18(14)22/h2-6,8-10H,1,7H2,(H,21,22)/b14-8-. The van der Waals surface area contributed by atoms with Gasteiger partial charge in [0.05, 0.1) is 4.47 Å². The average molecular weight is 391 g/mol. The predicted molar refractivity (Wildman–Crippen MR) is 97.8 cm³/mol. The zero-order chi connectivity index (χ0) is 16.4. The number of nitrogens with one attached hydrogen (secondary N) is 1. The molecular formula is C18H13BrClNO2. The van der Waals surface area contributed by atoms with E-state index in [0.717, 1.165) is 27.0 Å². The molecule has 1 amide bonds. The Labute approximate surface area is 147 Å². The van der Waals surface area contributed by atoms with Gasteiger partial charge in [-0.25, -0.2) is 0 Å².